The Hall–Kier alpha value is -0.640. The first-order valence-corrected chi connectivity index (χ1v) is 7.23. The molecule has 4 heteroatoms. The molecule has 0 heterocycles. The van der Waals surface area contributed by atoms with E-state index in [1.807, 2.05) is 6.92 Å². The van der Waals surface area contributed by atoms with Crippen LogP contribution >= 0.6 is 0 Å². The van der Waals surface area contributed by atoms with Crippen molar-refractivity contribution in [3.63, 3.8) is 0 Å². The van der Waals surface area contributed by atoms with Gasteiger partial charge in [0.15, 0.2) is 0 Å². The molecule has 1 atom stereocenters. The Morgan fingerprint density at radius 1 is 1.31 bits per heavy atom. The first-order valence-electron chi connectivity index (χ1n) is 5.96. The average molecular weight is 244 g/mol. The molecule has 0 fully saturated rings. The van der Waals surface area contributed by atoms with Gasteiger partial charge >= 0.3 is 0 Å². The zero-order valence-electron chi connectivity index (χ0n) is 11.0. The second-order valence-electron chi connectivity index (χ2n) is 3.69. The summed E-state index contributed by atoms with van der Waals surface area (Å²) in [6.45, 7) is 11.8. The first-order chi connectivity index (χ1) is 7.62. The number of hydrazone groups is 1. The van der Waals surface area contributed by atoms with Gasteiger partial charge < -0.3 is 0 Å². The maximum atomic E-state index is 12.0. The van der Waals surface area contributed by atoms with Crippen LogP contribution in [0.5, 0.6) is 0 Å². The molecule has 0 saturated heterocycles. The van der Waals surface area contributed by atoms with Crippen molar-refractivity contribution in [1.82, 2.24) is 4.41 Å². The topological polar surface area (TPSA) is 32.7 Å². The maximum absolute atomic E-state index is 12.0. The van der Waals surface area contributed by atoms with Crippen LogP contribution in [0.4, 0.5) is 0 Å². The Balaban J connectivity index is 4.77. The van der Waals surface area contributed by atoms with E-state index in [1.165, 1.54) is 5.57 Å². The fourth-order valence-electron chi connectivity index (χ4n) is 1.57. The second-order valence-corrected chi connectivity index (χ2v) is 5.09. The summed E-state index contributed by atoms with van der Waals surface area (Å²) in [5.41, 5.74) is 2.28. The van der Waals surface area contributed by atoms with Crippen molar-refractivity contribution in [2.24, 2.45) is 5.10 Å². The van der Waals surface area contributed by atoms with Gasteiger partial charge in [-0.1, -0.05) is 27.2 Å². The molecule has 0 aliphatic rings. The van der Waals surface area contributed by atoms with Crippen molar-refractivity contribution in [3.05, 3.63) is 11.3 Å². The molecule has 0 aromatic carbocycles. The van der Waals surface area contributed by atoms with Crippen LogP contribution in [0.2, 0.25) is 0 Å². The SMILES string of the molecule is C=NN(C(C)=C(CC)CC)S(=O)CCCC. The van der Waals surface area contributed by atoms with E-state index in [0.29, 0.717) is 5.75 Å². The molecule has 0 bridgehead atoms. The van der Waals surface area contributed by atoms with E-state index in [1.54, 1.807) is 4.41 Å². The largest absolute Gasteiger partial charge is 0.235 e. The van der Waals surface area contributed by atoms with Crippen molar-refractivity contribution in [2.75, 3.05) is 5.75 Å². The fourth-order valence-corrected chi connectivity index (χ4v) is 2.85. The molecule has 3 nitrogen and oxygen atoms in total. The molecule has 0 aromatic rings. The van der Waals surface area contributed by atoms with Gasteiger partial charge in [0.1, 0.15) is 11.0 Å². The van der Waals surface area contributed by atoms with Crippen LogP contribution in [-0.2, 0) is 11.0 Å². The number of allylic oxidation sites excluding steroid dienone is 2. The highest BCUT2D eigenvalue weighted by atomic mass is 32.2. The van der Waals surface area contributed by atoms with Crippen molar-refractivity contribution in [2.45, 2.75) is 53.4 Å². The van der Waals surface area contributed by atoms with Gasteiger partial charge in [0, 0.05) is 18.2 Å². The minimum Gasteiger partial charge on any atom is -0.235 e. The highest BCUT2D eigenvalue weighted by Gasteiger charge is 2.13. The van der Waals surface area contributed by atoms with Crippen molar-refractivity contribution in [3.8, 4) is 0 Å². The number of nitrogens with zero attached hydrogens (tertiary/aromatic N) is 2. The molecule has 94 valence electrons. The number of hydrogen-bond donors (Lipinski definition) is 0. The third-order valence-electron chi connectivity index (χ3n) is 2.65. The molecule has 0 radical (unpaired) electrons. The summed E-state index contributed by atoms with van der Waals surface area (Å²) in [6, 6.07) is 0. The van der Waals surface area contributed by atoms with E-state index in [0.717, 1.165) is 31.4 Å². The lowest BCUT2D eigenvalue weighted by Gasteiger charge is -2.20. The Morgan fingerprint density at radius 2 is 1.88 bits per heavy atom. The summed E-state index contributed by atoms with van der Waals surface area (Å²) in [5, 5.41) is 3.88. The number of hydrogen-bond acceptors (Lipinski definition) is 2. The molecule has 0 saturated carbocycles. The lowest BCUT2D eigenvalue weighted by molar-refractivity contribution is 0.550. The summed E-state index contributed by atoms with van der Waals surface area (Å²) in [4.78, 5) is 0. The Kier molecular flexibility index (Phi) is 8.16. The molecule has 0 aliphatic heterocycles. The van der Waals surface area contributed by atoms with Gasteiger partial charge in [0.25, 0.3) is 0 Å². The summed E-state index contributed by atoms with van der Waals surface area (Å²) in [6.07, 6.45) is 3.95. The summed E-state index contributed by atoms with van der Waals surface area (Å²) < 4.78 is 13.5. The second kappa shape index (κ2) is 8.50. The van der Waals surface area contributed by atoms with E-state index in [2.05, 4.69) is 32.6 Å². The Bertz CT molecular complexity index is 268. The Labute approximate surface area is 102 Å². The van der Waals surface area contributed by atoms with Crippen molar-refractivity contribution < 1.29 is 4.21 Å². The highest BCUT2D eigenvalue weighted by Crippen LogP contribution is 2.18. The van der Waals surface area contributed by atoms with Crippen LogP contribution < -0.4 is 0 Å². The van der Waals surface area contributed by atoms with Crippen LogP contribution in [0.3, 0.4) is 0 Å². The molecule has 0 spiro atoms. The van der Waals surface area contributed by atoms with Gasteiger partial charge in [-0.3, -0.25) is 0 Å². The predicted octanol–water partition coefficient (Wildman–Crippen LogP) is 3.46. The third kappa shape index (κ3) is 4.47. The van der Waals surface area contributed by atoms with E-state index < -0.39 is 11.0 Å². The smallest absolute Gasteiger partial charge is 0.140 e. The lowest BCUT2D eigenvalue weighted by atomic mass is 10.1. The van der Waals surface area contributed by atoms with Crippen molar-refractivity contribution in [1.29, 1.82) is 0 Å². The van der Waals surface area contributed by atoms with Crippen LogP contribution in [0, 0.1) is 0 Å². The van der Waals surface area contributed by atoms with Gasteiger partial charge in [-0.15, -0.1) is 0 Å². The third-order valence-corrected chi connectivity index (χ3v) is 4.06. The molecule has 0 amide bonds. The zero-order chi connectivity index (χ0) is 12.6. The molecule has 1 unspecified atom stereocenters. The van der Waals surface area contributed by atoms with E-state index in [-0.39, 0.29) is 0 Å². The van der Waals surface area contributed by atoms with Crippen LogP contribution in [0.25, 0.3) is 0 Å². The maximum Gasteiger partial charge on any atom is 0.140 e. The average Bonchev–Trinajstić information content (AvgIpc) is 2.29. The minimum atomic E-state index is -1.07. The minimum absolute atomic E-state index is 0.660. The standard InChI is InChI=1S/C12H24N2OS/c1-6-9-10-16(15)14(13-5)11(4)12(7-2)8-3/h5-10H2,1-4H3. The monoisotopic (exact) mass is 244 g/mol. The zero-order valence-corrected chi connectivity index (χ0v) is 11.8. The predicted molar refractivity (Wildman–Crippen MR) is 72.6 cm³/mol. The van der Waals surface area contributed by atoms with E-state index in [4.69, 9.17) is 0 Å². The van der Waals surface area contributed by atoms with E-state index >= 15 is 0 Å². The fraction of sp³-hybridized carbons (Fsp3) is 0.750. The number of rotatable bonds is 8. The Morgan fingerprint density at radius 3 is 2.25 bits per heavy atom. The van der Waals surface area contributed by atoms with Gasteiger partial charge in [-0.05, 0) is 31.8 Å². The molecule has 0 N–H and O–H groups in total. The summed E-state index contributed by atoms with van der Waals surface area (Å²) >= 11 is 0. The molecule has 0 rings (SSSR count). The molecule has 0 aromatic heterocycles. The summed E-state index contributed by atoms with van der Waals surface area (Å²) in [5.74, 6) is 0.660. The van der Waals surface area contributed by atoms with Crippen LogP contribution in [0.1, 0.15) is 53.4 Å². The number of unbranched alkanes of at least 4 members (excludes halogenated alkanes) is 1. The van der Waals surface area contributed by atoms with E-state index in [9.17, 15) is 4.21 Å². The molecular weight excluding hydrogens is 220 g/mol. The quantitative estimate of drug-likeness (QED) is 0.475. The lowest BCUT2D eigenvalue weighted by Crippen LogP contribution is -2.21. The van der Waals surface area contributed by atoms with Gasteiger partial charge in [-0.25, -0.2) is 4.21 Å². The summed E-state index contributed by atoms with van der Waals surface area (Å²) in [7, 11) is -1.07. The normalized spacial score (nSPS) is 12.0. The molecule has 0 aliphatic carbocycles. The van der Waals surface area contributed by atoms with Gasteiger partial charge in [0.2, 0.25) is 0 Å². The van der Waals surface area contributed by atoms with Crippen LogP contribution in [0.15, 0.2) is 16.4 Å². The van der Waals surface area contributed by atoms with Crippen molar-refractivity contribution >= 4 is 17.7 Å². The molecule has 16 heavy (non-hydrogen) atoms. The van der Waals surface area contributed by atoms with Crippen LogP contribution in [-0.4, -0.2) is 21.1 Å². The van der Waals surface area contributed by atoms with Gasteiger partial charge in [-0.2, -0.15) is 9.52 Å². The highest BCUT2D eigenvalue weighted by molar-refractivity contribution is 7.82. The van der Waals surface area contributed by atoms with Gasteiger partial charge in [0.05, 0.1) is 0 Å². The first kappa shape index (κ1) is 15.4. The molecular formula is C12H24N2OS.